The van der Waals surface area contributed by atoms with Gasteiger partial charge in [0.1, 0.15) is 23.8 Å². The van der Waals surface area contributed by atoms with Gasteiger partial charge in [0.2, 0.25) is 0 Å². The summed E-state index contributed by atoms with van der Waals surface area (Å²) in [7, 11) is 0. The maximum absolute atomic E-state index is 13.9. The molecule has 1 saturated heterocycles. The Bertz CT molecular complexity index is 759. The fourth-order valence-electron chi connectivity index (χ4n) is 3.53. The molecule has 2 aromatic carbocycles. The number of piperidine rings is 1. The summed E-state index contributed by atoms with van der Waals surface area (Å²) in [6, 6.07) is 10.6. The highest BCUT2D eigenvalue weighted by molar-refractivity contribution is 6.32. The lowest BCUT2D eigenvalue weighted by Gasteiger charge is -2.39. The van der Waals surface area contributed by atoms with Gasteiger partial charge in [0, 0.05) is 23.7 Å². The van der Waals surface area contributed by atoms with Crippen LogP contribution in [0, 0.1) is 19.7 Å². The summed E-state index contributed by atoms with van der Waals surface area (Å²) in [5.74, 6) is 0.508. The smallest absolute Gasteiger partial charge is 0.127 e. The molecule has 1 heterocycles. The van der Waals surface area contributed by atoms with Crippen LogP contribution in [0.2, 0.25) is 5.02 Å². The number of halogens is 2. The molecule has 0 aromatic heterocycles. The van der Waals surface area contributed by atoms with E-state index in [4.69, 9.17) is 16.3 Å². The minimum absolute atomic E-state index is 0.204. The minimum Gasteiger partial charge on any atom is -0.491 e. The zero-order valence-corrected chi connectivity index (χ0v) is 16.0. The van der Waals surface area contributed by atoms with Gasteiger partial charge in [0.05, 0.1) is 0 Å². The third kappa shape index (κ3) is 4.56. The van der Waals surface area contributed by atoms with Crippen LogP contribution in [0.25, 0.3) is 0 Å². The fraction of sp³-hybridized carbons (Fsp3) is 0.429. The highest BCUT2D eigenvalue weighted by atomic mass is 35.5. The minimum atomic E-state index is -0.940. The van der Waals surface area contributed by atoms with Crippen molar-refractivity contribution in [3.63, 3.8) is 0 Å². The van der Waals surface area contributed by atoms with E-state index in [1.165, 1.54) is 6.07 Å². The maximum Gasteiger partial charge on any atom is 0.127 e. The van der Waals surface area contributed by atoms with E-state index in [2.05, 4.69) is 4.90 Å². The van der Waals surface area contributed by atoms with Crippen molar-refractivity contribution >= 4 is 11.6 Å². The third-order valence-electron chi connectivity index (χ3n) is 4.90. The second-order valence-electron chi connectivity index (χ2n) is 7.29. The number of aliphatic hydroxyl groups is 1. The molecule has 1 aliphatic rings. The normalized spacial score (nSPS) is 21.0. The van der Waals surface area contributed by atoms with Crippen LogP contribution in [-0.4, -0.2) is 35.3 Å². The Morgan fingerprint density at radius 2 is 1.92 bits per heavy atom. The number of likely N-dealkylation sites (tertiary alicyclic amines) is 1. The Labute approximate surface area is 159 Å². The fourth-order valence-corrected chi connectivity index (χ4v) is 3.64. The largest absolute Gasteiger partial charge is 0.491 e. The van der Waals surface area contributed by atoms with Crippen molar-refractivity contribution in [2.24, 2.45) is 0 Å². The van der Waals surface area contributed by atoms with Gasteiger partial charge >= 0.3 is 0 Å². The number of ether oxygens (including phenoxy) is 1. The van der Waals surface area contributed by atoms with Crippen LogP contribution in [0.5, 0.6) is 5.75 Å². The van der Waals surface area contributed by atoms with Crippen LogP contribution in [0.4, 0.5) is 4.39 Å². The summed E-state index contributed by atoms with van der Waals surface area (Å²) in [6.07, 6.45) is 1.53. The molecule has 3 rings (SSSR count). The Morgan fingerprint density at radius 1 is 1.23 bits per heavy atom. The molecule has 0 amide bonds. The Balaban J connectivity index is 1.63. The Hall–Kier alpha value is -1.62. The van der Waals surface area contributed by atoms with Crippen molar-refractivity contribution in [3.8, 4) is 5.75 Å². The lowest BCUT2D eigenvalue weighted by molar-refractivity contribution is -0.0623. The zero-order valence-electron chi connectivity index (χ0n) is 15.3. The molecule has 0 spiro atoms. The summed E-state index contributed by atoms with van der Waals surface area (Å²) in [4.78, 5) is 2.09. The second kappa shape index (κ2) is 7.95. The van der Waals surface area contributed by atoms with Crippen molar-refractivity contribution in [1.29, 1.82) is 0 Å². The van der Waals surface area contributed by atoms with Crippen LogP contribution in [-0.2, 0) is 6.54 Å². The van der Waals surface area contributed by atoms with E-state index in [0.29, 0.717) is 30.8 Å². The first-order valence-corrected chi connectivity index (χ1v) is 9.32. The average molecular weight is 378 g/mol. The molecular weight excluding hydrogens is 353 g/mol. The van der Waals surface area contributed by atoms with Crippen molar-refractivity contribution in [2.75, 3.05) is 19.7 Å². The molecular formula is C21H25ClFNO2. The SMILES string of the molecule is Cc1cc(OCC2(O)CCCN(Cc3ccccc3F)C2)cc(C)c1Cl. The number of nitrogens with zero attached hydrogens (tertiary/aromatic N) is 1. The highest BCUT2D eigenvalue weighted by Gasteiger charge is 2.34. The summed E-state index contributed by atoms with van der Waals surface area (Å²) in [5, 5.41) is 11.7. The molecule has 140 valence electrons. The summed E-state index contributed by atoms with van der Waals surface area (Å²) >= 11 is 6.19. The van der Waals surface area contributed by atoms with Crippen LogP contribution in [0.15, 0.2) is 36.4 Å². The first-order chi connectivity index (χ1) is 12.4. The number of β-amino-alcohol motifs (C(OH)–C–C–N with tert-alkyl or cyclic N) is 1. The molecule has 1 unspecified atom stereocenters. The van der Waals surface area contributed by atoms with Crippen molar-refractivity contribution in [3.05, 3.63) is 63.9 Å². The quantitative estimate of drug-likeness (QED) is 0.832. The molecule has 5 heteroatoms. The van der Waals surface area contributed by atoms with Crippen molar-refractivity contribution < 1.29 is 14.2 Å². The van der Waals surface area contributed by atoms with Crippen molar-refractivity contribution in [1.82, 2.24) is 4.90 Å². The number of rotatable bonds is 5. The molecule has 0 saturated carbocycles. The first-order valence-electron chi connectivity index (χ1n) is 8.94. The molecule has 0 bridgehead atoms. The summed E-state index contributed by atoms with van der Waals surface area (Å²) in [6.45, 7) is 5.89. The second-order valence-corrected chi connectivity index (χ2v) is 7.67. The van der Waals surface area contributed by atoms with Gasteiger partial charge in [-0.1, -0.05) is 29.8 Å². The molecule has 26 heavy (non-hydrogen) atoms. The van der Waals surface area contributed by atoms with E-state index in [0.717, 1.165) is 29.1 Å². The summed E-state index contributed by atoms with van der Waals surface area (Å²) in [5.41, 5.74) is 1.63. The van der Waals surface area contributed by atoms with Crippen LogP contribution in [0.3, 0.4) is 0 Å². The Kier molecular flexibility index (Phi) is 5.86. The van der Waals surface area contributed by atoms with Gasteiger partial charge < -0.3 is 9.84 Å². The van der Waals surface area contributed by atoms with Gasteiger partial charge in [-0.2, -0.15) is 0 Å². The molecule has 0 aliphatic carbocycles. The number of aryl methyl sites for hydroxylation is 2. The zero-order chi connectivity index (χ0) is 18.7. The van der Waals surface area contributed by atoms with E-state index in [1.807, 2.05) is 32.0 Å². The molecule has 1 fully saturated rings. The van der Waals surface area contributed by atoms with E-state index in [9.17, 15) is 9.50 Å². The third-order valence-corrected chi connectivity index (χ3v) is 5.50. The van der Waals surface area contributed by atoms with Crippen molar-refractivity contribution in [2.45, 2.75) is 38.8 Å². The van der Waals surface area contributed by atoms with E-state index >= 15 is 0 Å². The van der Waals surface area contributed by atoms with Crippen LogP contribution in [0.1, 0.15) is 29.5 Å². The lowest BCUT2D eigenvalue weighted by atomic mass is 9.93. The molecule has 1 atom stereocenters. The molecule has 0 radical (unpaired) electrons. The monoisotopic (exact) mass is 377 g/mol. The average Bonchev–Trinajstić information content (AvgIpc) is 2.60. The molecule has 1 aliphatic heterocycles. The molecule has 1 N–H and O–H groups in total. The predicted octanol–water partition coefficient (Wildman–Crippen LogP) is 4.50. The van der Waals surface area contributed by atoms with Gasteiger partial charge in [-0.25, -0.2) is 4.39 Å². The van der Waals surface area contributed by atoms with Crippen LogP contribution < -0.4 is 4.74 Å². The number of benzene rings is 2. The Morgan fingerprint density at radius 3 is 2.62 bits per heavy atom. The van der Waals surface area contributed by atoms with E-state index in [-0.39, 0.29) is 12.4 Å². The number of hydrogen-bond acceptors (Lipinski definition) is 3. The first kappa shape index (κ1) is 19.2. The van der Waals surface area contributed by atoms with Gasteiger partial charge in [-0.15, -0.1) is 0 Å². The van der Waals surface area contributed by atoms with E-state index < -0.39 is 5.60 Å². The van der Waals surface area contributed by atoms with Gasteiger partial charge in [0.25, 0.3) is 0 Å². The topological polar surface area (TPSA) is 32.7 Å². The van der Waals surface area contributed by atoms with Gasteiger partial charge in [-0.3, -0.25) is 4.90 Å². The lowest BCUT2D eigenvalue weighted by Crippen LogP contribution is -2.51. The maximum atomic E-state index is 13.9. The van der Waals surface area contributed by atoms with Gasteiger partial charge in [-0.05, 0) is 62.6 Å². The number of hydrogen-bond donors (Lipinski definition) is 1. The molecule has 3 nitrogen and oxygen atoms in total. The summed E-state index contributed by atoms with van der Waals surface area (Å²) < 4.78 is 19.8. The van der Waals surface area contributed by atoms with Crippen LogP contribution >= 0.6 is 11.6 Å². The highest BCUT2D eigenvalue weighted by Crippen LogP contribution is 2.28. The van der Waals surface area contributed by atoms with E-state index in [1.54, 1.807) is 12.1 Å². The molecule has 2 aromatic rings. The van der Waals surface area contributed by atoms with Gasteiger partial charge in [0.15, 0.2) is 0 Å². The standard InChI is InChI=1S/C21H25ClFNO2/c1-15-10-18(11-16(2)20(15)22)26-14-21(25)8-5-9-24(13-21)12-17-6-3-4-7-19(17)23/h3-4,6-7,10-11,25H,5,8-9,12-14H2,1-2H3. The predicted molar refractivity (Wildman–Crippen MR) is 102 cm³/mol.